The average Bonchev–Trinajstić information content (AvgIpc) is 2.84. The van der Waals surface area contributed by atoms with Crippen molar-refractivity contribution in [3.63, 3.8) is 0 Å². The van der Waals surface area contributed by atoms with Crippen LogP contribution in [0.4, 0.5) is 0 Å². The van der Waals surface area contributed by atoms with Gasteiger partial charge in [0.05, 0.1) is 35.5 Å². The SMILES string of the molecule is Cc1c(Oc2cc(C#N)cc(C#N)c2)c(C(C)(C)C)nn1CCN. The number of rotatable bonds is 4. The van der Waals surface area contributed by atoms with Gasteiger partial charge in [0, 0.05) is 12.0 Å². The van der Waals surface area contributed by atoms with Gasteiger partial charge in [-0.1, -0.05) is 20.8 Å². The van der Waals surface area contributed by atoms with Crippen molar-refractivity contribution in [2.75, 3.05) is 6.54 Å². The quantitative estimate of drug-likeness (QED) is 0.932. The highest BCUT2D eigenvalue weighted by Crippen LogP contribution is 2.36. The maximum atomic E-state index is 9.12. The molecule has 0 unspecified atom stereocenters. The molecular formula is C18H21N5O. The lowest BCUT2D eigenvalue weighted by atomic mass is 9.91. The molecule has 0 spiro atoms. The number of hydrogen-bond donors (Lipinski definition) is 1. The molecule has 6 nitrogen and oxygen atoms in total. The highest BCUT2D eigenvalue weighted by atomic mass is 16.5. The number of benzene rings is 1. The van der Waals surface area contributed by atoms with Crippen LogP contribution in [0.1, 0.15) is 43.3 Å². The van der Waals surface area contributed by atoms with E-state index in [2.05, 4.69) is 25.9 Å². The van der Waals surface area contributed by atoms with E-state index in [0.29, 0.717) is 35.7 Å². The van der Waals surface area contributed by atoms with Crippen LogP contribution in [0.3, 0.4) is 0 Å². The summed E-state index contributed by atoms with van der Waals surface area (Å²) < 4.78 is 7.88. The second kappa shape index (κ2) is 6.74. The first-order valence-corrected chi connectivity index (χ1v) is 7.71. The number of aromatic nitrogens is 2. The Hall–Kier alpha value is -2.83. The van der Waals surface area contributed by atoms with Gasteiger partial charge >= 0.3 is 0 Å². The van der Waals surface area contributed by atoms with Crippen molar-refractivity contribution < 1.29 is 4.74 Å². The van der Waals surface area contributed by atoms with Crippen molar-refractivity contribution in [3.8, 4) is 23.6 Å². The molecular weight excluding hydrogens is 302 g/mol. The van der Waals surface area contributed by atoms with Gasteiger partial charge in [-0.25, -0.2) is 0 Å². The molecule has 0 saturated heterocycles. The molecule has 2 aromatic rings. The predicted molar refractivity (Wildman–Crippen MR) is 90.7 cm³/mol. The third kappa shape index (κ3) is 3.56. The Labute approximate surface area is 142 Å². The summed E-state index contributed by atoms with van der Waals surface area (Å²) in [5, 5.41) is 22.9. The molecule has 6 heteroatoms. The molecule has 0 bridgehead atoms. The van der Waals surface area contributed by atoms with Crippen LogP contribution >= 0.6 is 0 Å². The third-order valence-corrected chi connectivity index (χ3v) is 3.59. The molecule has 2 rings (SSSR count). The Morgan fingerprint density at radius 1 is 1.17 bits per heavy atom. The average molecular weight is 323 g/mol. The summed E-state index contributed by atoms with van der Waals surface area (Å²) in [5.74, 6) is 1.10. The summed E-state index contributed by atoms with van der Waals surface area (Å²) in [5.41, 5.74) is 7.88. The summed E-state index contributed by atoms with van der Waals surface area (Å²) in [6.07, 6.45) is 0. The largest absolute Gasteiger partial charge is 0.453 e. The van der Waals surface area contributed by atoms with Crippen molar-refractivity contribution in [3.05, 3.63) is 40.7 Å². The Balaban J connectivity index is 2.54. The van der Waals surface area contributed by atoms with Gasteiger partial charge in [0.2, 0.25) is 0 Å². The van der Waals surface area contributed by atoms with Crippen molar-refractivity contribution in [1.29, 1.82) is 10.5 Å². The summed E-state index contributed by atoms with van der Waals surface area (Å²) in [6.45, 7) is 9.17. The monoisotopic (exact) mass is 323 g/mol. The zero-order valence-corrected chi connectivity index (χ0v) is 14.4. The van der Waals surface area contributed by atoms with Crippen LogP contribution in [-0.2, 0) is 12.0 Å². The van der Waals surface area contributed by atoms with Crippen LogP contribution < -0.4 is 10.5 Å². The Bertz CT molecular complexity index is 799. The molecule has 1 aromatic heterocycles. The molecule has 2 N–H and O–H groups in total. The minimum atomic E-state index is -0.217. The van der Waals surface area contributed by atoms with Gasteiger partial charge in [0.25, 0.3) is 0 Å². The fourth-order valence-electron chi connectivity index (χ4n) is 2.39. The van der Waals surface area contributed by atoms with E-state index in [-0.39, 0.29) is 5.41 Å². The van der Waals surface area contributed by atoms with Gasteiger partial charge in [0.15, 0.2) is 5.75 Å². The van der Waals surface area contributed by atoms with Gasteiger partial charge in [0.1, 0.15) is 11.4 Å². The molecule has 0 radical (unpaired) electrons. The highest BCUT2D eigenvalue weighted by molar-refractivity contribution is 5.48. The van der Waals surface area contributed by atoms with Crippen LogP contribution in [0.2, 0.25) is 0 Å². The first-order chi connectivity index (χ1) is 11.3. The van der Waals surface area contributed by atoms with Gasteiger partial charge in [-0.2, -0.15) is 15.6 Å². The molecule has 0 fully saturated rings. The van der Waals surface area contributed by atoms with Gasteiger partial charge in [-0.15, -0.1) is 0 Å². The minimum absolute atomic E-state index is 0.217. The van der Waals surface area contributed by atoms with Crippen LogP contribution in [0.5, 0.6) is 11.5 Å². The smallest absolute Gasteiger partial charge is 0.171 e. The first kappa shape index (κ1) is 17.5. The van der Waals surface area contributed by atoms with Crippen molar-refractivity contribution >= 4 is 0 Å². The van der Waals surface area contributed by atoms with Crippen molar-refractivity contribution in [2.45, 2.75) is 39.7 Å². The lowest BCUT2D eigenvalue weighted by Gasteiger charge is -2.17. The molecule has 0 amide bonds. The fraction of sp³-hybridized carbons (Fsp3) is 0.389. The van der Waals surface area contributed by atoms with Gasteiger partial charge in [-0.3, -0.25) is 4.68 Å². The van der Waals surface area contributed by atoms with Crippen LogP contribution in [-0.4, -0.2) is 16.3 Å². The highest BCUT2D eigenvalue weighted by Gasteiger charge is 2.27. The Morgan fingerprint density at radius 3 is 2.21 bits per heavy atom. The first-order valence-electron chi connectivity index (χ1n) is 7.71. The lowest BCUT2D eigenvalue weighted by molar-refractivity contribution is 0.450. The van der Waals surface area contributed by atoms with E-state index in [4.69, 9.17) is 21.0 Å². The number of ether oxygens (including phenoxy) is 1. The molecule has 24 heavy (non-hydrogen) atoms. The number of nitrogens with zero attached hydrogens (tertiary/aromatic N) is 4. The van der Waals surface area contributed by atoms with E-state index < -0.39 is 0 Å². The normalized spacial score (nSPS) is 11.0. The van der Waals surface area contributed by atoms with E-state index in [1.807, 2.05) is 23.7 Å². The number of nitrogens with two attached hydrogens (primary N) is 1. The van der Waals surface area contributed by atoms with Crippen molar-refractivity contribution in [2.24, 2.45) is 5.73 Å². The molecule has 0 aliphatic heterocycles. The summed E-state index contributed by atoms with van der Waals surface area (Å²) >= 11 is 0. The molecule has 0 aliphatic rings. The number of hydrogen-bond acceptors (Lipinski definition) is 5. The third-order valence-electron chi connectivity index (χ3n) is 3.59. The summed E-state index contributed by atoms with van der Waals surface area (Å²) in [7, 11) is 0. The molecule has 0 saturated carbocycles. The van der Waals surface area contributed by atoms with E-state index in [1.54, 1.807) is 12.1 Å². The lowest BCUT2D eigenvalue weighted by Crippen LogP contribution is -2.16. The Kier molecular flexibility index (Phi) is 4.92. The van der Waals surface area contributed by atoms with E-state index in [9.17, 15) is 0 Å². The number of nitriles is 2. The van der Waals surface area contributed by atoms with E-state index in [1.165, 1.54) is 6.07 Å². The van der Waals surface area contributed by atoms with Crippen LogP contribution in [0.25, 0.3) is 0 Å². The van der Waals surface area contributed by atoms with E-state index in [0.717, 1.165) is 11.4 Å². The molecule has 0 aliphatic carbocycles. The predicted octanol–water partition coefficient (Wildman–Crippen LogP) is 2.98. The zero-order chi connectivity index (χ0) is 17.9. The van der Waals surface area contributed by atoms with Gasteiger partial charge in [-0.05, 0) is 25.1 Å². The van der Waals surface area contributed by atoms with Crippen LogP contribution in [0, 0.1) is 29.6 Å². The molecule has 124 valence electrons. The standard InChI is InChI=1S/C18H21N5O/c1-12-16(17(18(2,3)4)22-23(12)6-5-19)24-15-8-13(10-20)7-14(9-15)11-21/h7-9H,5-6,19H2,1-4H3. The van der Waals surface area contributed by atoms with Crippen molar-refractivity contribution in [1.82, 2.24) is 9.78 Å². The summed E-state index contributed by atoms with van der Waals surface area (Å²) in [6, 6.07) is 8.85. The maximum absolute atomic E-state index is 9.12. The maximum Gasteiger partial charge on any atom is 0.171 e. The van der Waals surface area contributed by atoms with E-state index >= 15 is 0 Å². The van der Waals surface area contributed by atoms with Gasteiger partial charge < -0.3 is 10.5 Å². The second-order valence-electron chi connectivity index (χ2n) is 6.60. The fourth-order valence-corrected chi connectivity index (χ4v) is 2.39. The van der Waals surface area contributed by atoms with Crippen LogP contribution in [0.15, 0.2) is 18.2 Å². The second-order valence-corrected chi connectivity index (χ2v) is 6.60. The molecule has 0 atom stereocenters. The Morgan fingerprint density at radius 2 is 1.75 bits per heavy atom. The molecule has 1 heterocycles. The zero-order valence-electron chi connectivity index (χ0n) is 14.4. The topological polar surface area (TPSA) is 101 Å². The minimum Gasteiger partial charge on any atom is -0.453 e. The summed E-state index contributed by atoms with van der Waals surface area (Å²) in [4.78, 5) is 0. The molecule has 1 aromatic carbocycles.